The van der Waals surface area contributed by atoms with Gasteiger partial charge in [0.15, 0.2) is 0 Å². The van der Waals surface area contributed by atoms with Gasteiger partial charge in [-0.05, 0) is 24.6 Å². The van der Waals surface area contributed by atoms with E-state index in [9.17, 15) is 4.79 Å². The van der Waals surface area contributed by atoms with E-state index in [1.165, 1.54) is 0 Å². The molecule has 1 fully saturated rings. The molecule has 1 saturated heterocycles. The Labute approximate surface area is 94.7 Å². The minimum absolute atomic E-state index is 0.0545. The number of carbonyl (C=O) groups is 1. The molecular weight excluding hydrogens is 208 g/mol. The fourth-order valence-electron chi connectivity index (χ4n) is 1.79. The Morgan fingerprint density at radius 3 is 2.93 bits per heavy atom. The number of rotatable bonds is 1. The molecule has 1 unspecified atom stereocenters. The van der Waals surface area contributed by atoms with E-state index in [2.05, 4.69) is 12.6 Å². The molecule has 1 aliphatic rings. The van der Waals surface area contributed by atoms with Crippen molar-refractivity contribution in [2.24, 2.45) is 5.73 Å². The predicted octanol–water partition coefficient (Wildman–Crippen LogP) is 1.15. The summed E-state index contributed by atoms with van der Waals surface area (Å²) >= 11 is 4.21. The minimum atomic E-state index is 0.0545. The van der Waals surface area contributed by atoms with E-state index >= 15 is 0 Å². The normalized spacial score (nSPS) is 20.7. The lowest BCUT2D eigenvalue weighted by molar-refractivity contribution is 0.0790. The van der Waals surface area contributed by atoms with Crippen molar-refractivity contribution >= 4 is 18.5 Å². The van der Waals surface area contributed by atoms with Gasteiger partial charge in [0, 0.05) is 29.6 Å². The molecule has 2 rings (SSSR count). The van der Waals surface area contributed by atoms with E-state index in [0.29, 0.717) is 12.1 Å². The molecule has 0 bridgehead atoms. The Bertz CT molecular complexity index is 381. The Hall–Kier alpha value is -1.00. The van der Waals surface area contributed by atoms with Gasteiger partial charge in [-0.2, -0.15) is 0 Å². The first kappa shape index (κ1) is 10.5. The minimum Gasteiger partial charge on any atom is -0.337 e. The largest absolute Gasteiger partial charge is 0.337 e. The smallest absolute Gasteiger partial charge is 0.253 e. The van der Waals surface area contributed by atoms with E-state index in [0.717, 1.165) is 17.9 Å². The molecule has 1 aliphatic heterocycles. The molecule has 2 N–H and O–H groups in total. The zero-order chi connectivity index (χ0) is 10.8. The molecule has 3 nitrogen and oxygen atoms in total. The standard InChI is InChI=1S/C11H14N2OS/c12-9-4-5-13(7-9)11(14)8-2-1-3-10(15)6-8/h1-3,6,9,15H,4-5,7,12H2. The summed E-state index contributed by atoms with van der Waals surface area (Å²) < 4.78 is 0. The average molecular weight is 222 g/mol. The van der Waals surface area contributed by atoms with Gasteiger partial charge in [0.25, 0.3) is 5.91 Å². The zero-order valence-electron chi connectivity index (χ0n) is 8.39. The molecule has 0 radical (unpaired) electrons. The first-order valence-electron chi connectivity index (χ1n) is 5.00. The molecule has 0 saturated carbocycles. The van der Waals surface area contributed by atoms with Crippen LogP contribution in [0, 0.1) is 0 Å². The van der Waals surface area contributed by atoms with Gasteiger partial charge < -0.3 is 10.6 Å². The highest BCUT2D eigenvalue weighted by Gasteiger charge is 2.24. The summed E-state index contributed by atoms with van der Waals surface area (Å²) in [4.78, 5) is 14.6. The van der Waals surface area contributed by atoms with Crippen LogP contribution >= 0.6 is 12.6 Å². The summed E-state index contributed by atoms with van der Waals surface area (Å²) in [5, 5.41) is 0. The van der Waals surface area contributed by atoms with Crippen molar-refractivity contribution in [1.82, 2.24) is 4.90 Å². The molecule has 0 aliphatic carbocycles. The number of hydrogen-bond donors (Lipinski definition) is 2. The van der Waals surface area contributed by atoms with Gasteiger partial charge in [-0.15, -0.1) is 12.6 Å². The summed E-state index contributed by atoms with van der Waals surface area (Å²) in [6.07, 6.45) is 0.895. The van der Waals surface area contributed by atoms with Crippen LogP contribution in [0.1, 0.15) is 16.8 Å². The molecule has 15 heavy (non-hydrogen) atoms. The highest BCUT2D eigenvalue weighted by molar-refractivity contribution is 7.80. The van der Waals surface area contributed by atoms with Crippen LogP contribution in [0.3, 0.4) is 0 Å². The van der Waals surface area contributed by atoms with E-state index in [-0.39, 0.29) is 11.9 Å². The lowest BCUT2D eigenvalue weighted by Crippen LogP contribution is -2.31. The van der Waals surface area contributed by atoms with E-state index in [1.54, 1.807) is 11.0 Å². The van der Waals surface area contributed by atoms with Gasteiger partial charge in [0.1, 0.15) is 0 Å². The van der Waals surface area contributed by atoms with Crippen LogP contribution in [0.25, 0.3) is 0 Å². The van der Waals surface area contributed by atoms with Gasteiger partial charge in [-0.25, -0.2) is 0 Å². The molecular formula is C11H14N2OS. The van der Waals surface area contributed by atoms with Crippen LogP contribution in [0.15, 0.2) is 29.2 Å². The zero-order valence-corrected chi connectivity index (χ0v) is 9.28. The maximum absolute atomic E-state index is 12.0. The number of hydrogen-bond acceptors (Lipinski definition) is 3. The lowest BCUT2D eigenvalue weighted by Gasteiger charge is -2.15. The number of likely N-dealkylation sites (tertiary alicyclic amines) is 1. The molecule has 1 heterocycles. The van der Waals surface area contributed by atoms with E-state index < -0.39 is 0 Å². The molecule has 1 atom stereocenters. The maximum atomic E-state index is 12.0. The van der Waals surface area contributed by atoms with E-state index in [1.807, 2.05) is 18.2 Å². The number of nitrogens with two attached hydrogens (primary N) is 1. The van der Waals surface area contributed by atoms with Crippen LogP contribution in [-0.2, 0) is 0 Å². The van der Waals surface area contributed by atoms with Crippen molar-refractivity contribution in [2.75, 3.05) is 13.1 Å². The summed E-state index contributed by atoms with van der Waals surface area (Å²) in [6.45, 7) is 1.42. The molecule has 1 aromatic carbocycles. The third-order valence-electron chi connectivity index (χ3n) is 2.61. The number of carbonyl (C=O) groups excluding carboxylic acids is 1. The second-order valence-corrected chi connectivity index (χ2v) is 4.37. The Balaban J connectivity index is 2.14. The fraction of sp³-hybridized carbons (Fsp3) is 0.364. The number of thiol groups is 1. The first-order chi connectivity index (χ1) is 7.16. The van der Waals surface area contributed by atoms with Gasteiger partial charge in [-0.1, -0.05) is 6.07 Å². The molecule has 4 heteroatoms. The van der Waals surface area contributed by atoms with Crippen molar-refractivity contribution in [3.05, 3.63) is 29.8 Å². The second kappa shape index (κ2) is 4.24. The Kier molecular flexibility index (Phi) is 2.98. The molecule has 1 aromatic rings. The van der Waals surface area contributed by atoms with Crippen LogP contribution in [0.5, 0.6) is 0 Å². The van der Waals surface area contributed by atoms with Crippen molar-refractivity contribution in [1.29, 1.82) is 0 Å². The third-order valence-corrected chi connectivity index (χ3v) is 2.88. The maximum Gasteiger partial charge on any atom is 0.253 e. The van der Waals surface area contributed by atoms with Crippen LogP contribution < -0.4 is 5.73 Å². The fourth-order valence-corrected chi connectivity index (χ4v) is 2.02. The summed E-state index contributed by atoms with van der Waals surface area (Å²) in [5.74, 6) is 0.0545. The van der Waals surface area contributed by atoms with Crippen LogP contribution in [0.4, 0.5) is 0 Å². The lowest BCUT2D eigenvalue weighted by atomic mass is 10.2. The van der Waals surface area contributed by atoms with Crippen molar-refractivity contribution < 1.29 is 4.79 Å². The molecule has 1 amide bonds. The Morgan fingerprint density at radius 1 is 1.53 bits per heavy atom. The first-order valence-corrected chi connectivity index (χ1v) is 5.45. The number of benzene rings is 1. The number of amides is 1. The number of nitrogens with zero attached hydrogens (tertiary/aromatic N) is 1. The van der Waals surface area contributed by atoms with Crippen molar-refractivity contribution in [3.63, 3.8) is 0 Å². The summed E-state index contributed by atoms with van der Waals surface area (Å²) in [5.41, 5.74) is 6.45. The van der Waals surface area contributed by atoms with E-state index in [4.69, 9.17) is 5.73 Å². The molecule has 0 aromatic heterocycles. The topological polar surface area (TPSA) is 46.3 Å². The average Bonchev–Trinajstić information content (AvgIpc) is 2.64. The third kappa shape index (κ3) is 2.33. The van der Waals surface area contributed by atoms with Crippen LogP contribution in [0.2, 0.25) is 0 Å². The van der Waals surface area contributed by atoms with Gasteiger partial charge in [0.2, 0.25) is 0 Å². The van der Waals surface area contributed by atoms with Gasteiger partial charge in [-0.3, -0.25) is 4.79 Å². The predicted molar refractivity (Wildman–Crippen MR) is 62.2 cm³/mol. The highest BCUT2D eigenvalue weighted by atomic mass is 32.1. The Morgan fingerprint density at radius 2 is 2.33 bits per heavy atom. The second-order valence-electron chi connectivity index (χ2n) is 3.85. The molecule has 0 spiro atoms. The SMILES string of the molecule is NC1CCN(C(=O)c2cccc(S)c2)C1. The van der Waals surface area contributed by atoms with Crippen molar-refractivity contribution in [3.8, 4) is 0 Å². The summed E-state index contributed by atoms with van der Waals surface area (Å²) in [6, 6.07) is 7.43. The highest BCUT2D eigenvalue weighted by Crippen LogP contribution is 2.15. The summed E-state index contributed by atoms with van der Waals surface area (Å²) in [7, 11) is 0. The molecule has 80 valence electrons. The van der Waals surface area contributed by atoms with Gasteiger partial charge in [0.05, 0.1) is 0 Å². The quantitative estimate of drug-likeness (QED) is 0.700. The monoisotopic (exact) mass is 222 g/mol. The van der Waals surface area contributed by atoms with Crippen molar-refractivity contribution in [2.45, 2.75) is 17.4 Å². The van der Waals surface area contributed by atoms with Crippen LogP contribution in [-0.4, -0.2) is 29.9 Å². The van der Waals surface area contributed by atoms with Gasteiger partial charge >= 0.3 is 0 Å².